The van der Waals surface area contributed by atoms with E-state index in [9.17, 15) is 5.11 Å². The zero-order valence-electron chi connectivity index (χ0n) is 10.6. The zero-order chi connectivity index (χ0) is 12.5. The summed E-state index contributed by atoms with van der Waals surface area (Å²) in [5.74, 6) is 0.881. The molecular weight excluding hydrogens is 216 g/mol. The van der Waals surface area contributed by atoms with Crippen LogP contribution in [0.1, 0.15) is 26.5 Å². The maximum atomic E-state index is 9.82. The van der Waals surface area contributed by atoms with E-state index in [1.54, 1.807) is 26.2 Å². The molecule has 0 saturated carbocycles. The Bertz CT molecular complexity index is 371. The van der Waals surface area contributed by atoms with Gasteiger partial charge in [-0.25, -0.2) is 4.98 Å². The second kappa shape index (κ2) is 4.58. The summed E-state index contributed by atoms with van der Waals surface area (Å²) >= 11 is 0. The molecule has 1 aromatic heterocycles. The van der Waals surface area contributed by atoms with E-state index in [1.807, 2.05) is 0 Å². The largest absolute Gasteiger partial charge is 0.384 e. The minimum atomic E-state index is -0.930. The number of aliphatic hydroxyl groups is 1. The van der Waals surface area contributed by atoms with Crippen molar-refractivity contribution in [2.24, 2.45) is 0 Å². The van der Waals surface area contributed by atoms with Gasteiger partial charge in [0.2, 0.25) is 0 Å². The van der Waals surface area contributed by atoms with E-state index < -0.39 is 5.60 Å². The third-order valence-electron chi connectivity index (χ3n) is 3.06. The highest BCUT2D eigenvalue weighted by atomic mass is 16.3. The van der Waals surface area contributed by atoms with Crippen LogP contribution in [0.3, 0.4) is 0 Å². The van der Waals surface area contributed by atoms with E-state index in [2.05, 4.69) is 27.1 Å². The van der Waals surface area contributed by atoms with E-state index in [0.29, 0.717) is 11.7 Å². The molecule has 0 radical (unpaired) electrons. The van der Waals surface area contributed by atoms with Crippen molar-refractivity contribution in [2.75, 3.05) is 24.5 Å². The summed E-state index contributed by atoms with van der Waals surface area (Å²) in [5, 5.41) is 13.2. The van der Waals surface area contributed by atoms with E-state index in [4.69, 9.17) is 0 Å². The normalized spacial score (nSPS) is 21.6. The van der Waals surface area contributed by atoms with E-state index in [-0.39, 0.29) is 0 Å². The van der Waals surface area contributed by atoms with E-state index >= 15 is 0 Å². The average molecular weight is 236 g/mol. The van der Waals surface area contributed by atoms with Crippen LogP contribution in [0.5, 0.6) is 0 Å². The number of hydrogen-bond acceptors (Lipinski definition) is 5. The first-order chi connectivity index (χ1) is 7.98. The molecule has 5 nitrogen and oxygen atoms in total. The van der Waals surface area contributed by atoms with Crippen LogP contribution < -0.4 is 10.2 Å². The highest BCUT2D eigenvalue weighted by Gasteiger charge is 2.22. The van der Waals surface area contributed by atoms with Crippen molar-refractivity contribution >= 4 is 5.82 Å². The van der Waals surface area contributed by atoms with Gasteiger partial charge < -0.3 is 15.3 Å². The first kappa shape index (κ1) is 12.3. The lowest BCUT2D eigenvalue weighted by molar-refractivity contribution is 0.0734. The molecule has 2 rings (SSSR count). The van der Waals surface area contributed by atoms with E-state index in [1.165, 1.54) is 0 Å². The Morgan fingerprint density at radius 2 is 2.18 bits per heavy atom. The van der Waals surface area contributed by atoms with Crippen molar-refractivity contribution in [3.63, 3.8) is 0 Å². The van der Waals surface area contributed by atoms with Crippen LogP contribution in [0, 0.1) is 0 Å². The Hall–Kier alpha value is -1.20. The van der Waals surface area contributed by atoms with Crippen molar-refractivity contribution in [2.45, 2.75) is 32.4 Å². The third kappa shape index (κ3) is 2.73. The van der Waals surface area contributed by atoms with Gasteiger partial charge in [-0.15, -0.1) is 0 Å². The van der Waals surface area contributed by atoms with Crippen molar-refractivity contribution in [3.05, 3.63) is 18.1 Å². The Morgan fingerprint density at radius 3 is 2.71 bits per heavy atom. The molecule has 94 valence electrons. The quantitative estimate of drug-likeness (QED) is 0.783. The van der Waals surface area contributed by atoms with Crippen molar-refractivity contribution < 1.29 is 5.11 Å². The van der Waals surface area contributed by atoms with Crippen LogP contribution in [0.15, 0.2) is 12.4 Å². The lowest BCUT2D eigenvalue weighted by Gasteiger charge is -2.34. The Labute approximate surface area is 102 Å². The number of piperazine rings is 1. The van der Waals surface area contributed by atoms with Gasteiger partial charge in [-0.1, -0.05) is 0 Å². The van der Waals surface area contributed by atoms with Crippen LogP contribution >= 0.6 is 0 Å². The van der Waals surface area contributed by atoms with Crippen LogP contribution in [0.25, 0.3) is 0 Å². The maximum absolute atomic E-state index is 9.82. The summed E-state index contributed by atoms with van der Waals surface area (Å²) in [6.45, 7) is 8.47. The molecule has 0 amide bonds. The van der Waals surface area contributed by atoms with Gasteiger partial charge in [-0.2, -0.15) is 0 Å². The van der Waals surface area contributed by atoms with Gasteiger partial charge in [-0.05, 0) is 20.8 Å². The number of anilines is 1. The SMILES string of the molecule is C[C@@H]1CNCCN1c1cnc(C(C)(C)O)cn1. The van der Waals surface area contributed by atoms with Crippen molar-refractivity contribution in [1.29, 1.82) is 0 Å². The summed E-state index contributed by atoms with van der Waals surface area (Å²) < 4.78 is 0. The topological polar surface area (TPSA) is 61.3 Å². The summed E-state index contributed by atoms with van der Waals surface area (Å²) in [5.41, 5.74) is -0.329. The standard InChI is InChI=1S/C12H20N4O/c1-9-6-13-4-5-16(9)11-8-14-10(7-15-11)12(2,3)17/h7-9,13,17H,4-6H2,1-3H3/t9-/m1/s1. The summed E-state index contributed by atoms with van der Waals surface area (Å²) in [6, 6.07) is 0.422. The van der Waals surface area contributed by atoms with Gasteiger partial charge in [-0.3, -0.25) is 4.98 Å². The molecule has 0 bridgehead atoms. The first-order valence-electron chi connectivity index (χ1n) is 6.01. The van der Waals surface area contributed by atoms with E-state index in [0.717, 1.165) is 25.5 Å². The Balaban J connectivity index is 2.17. The summed E-state index contributed by atoms with van der Waals surface area (Å²) in [7, 11) is 0. The number of nitrogens with one attached hydrogen (secondary N) is 1. The molecule has 2 heterocycles. The minimum Gasteiger partial charge on any atom is -0.384 e. The van der Waals surface area contributed by atoms with Crippen LogP contribution in [-0.2, 0) is 5.60 Å². The number of nitrogens with zero attached hydrogens (tertiary/aromatic N) is 3. The molecule has 1 aliphatic rings. The van der Waals surface area contributed by atoms with Gasteiger partial charge >= 0.3 is 0 Å². The smallest absolute Gasteiger partial charge is 0.147 e. The summed E-state index contributed by atoms with van der Waals surface area (Å²) in [4.78, 5) is 10.9. The molecule has 0 aliphatic carbocycles. The Morgan fingerprint density at radius 1 is 1.41 bits per heavy atom. The van der Waals surface area contributed by atoms with Gasteiger partial charge in [0.05, 0.1) is 18.1 Å². The van der Waals surface area contributed by atoms with Crippen LogP contribution in [0.4, 0.5) is 5.82 Å². The number of hydrogen-bond donors (Lipinski definition) is 2. The average Bonchev–Trinajstić information content (AvgIpc) is 2.29. The van der Waals surface area contributed by atoms with Gasteiger partial charge in [0.1, 0.15) is 11.4 Å². The second-order valence-corrected chi connectivity index (χ2v) is 5.07. The minimum absolute atomic E-state index is 0.422. The zero-order valence-corrected chi connectivity index (χ0v) is 10.6. The lowest BCUT2D eigenvalue weighted by Crippen LogP contribution is -2.50. The second-order valence-electron chi connectivity index (χ2n) is 5.07. The molecule has 0 aromatic carbocycles. The molecule has 1 saturated heterocycles. The predicted octanol–water partition coefficient (Wildman–Crippen LogP) is 0.502. The lowest BCUT2D eigenvalue weighted by atomic mass is 10.1. The predicted molar refractivity (Wildman–Crippen MR) is 67.0 cm³/mol. The molecule has 1 atom stereocenters. The molecule has 17 heavy (non-hydrogen) atoms. The van der Waals surface area contributed by atoms with Crippen LogP contribution in [0.2, 0.25) is 0 Å². The molecule has 5 heteroatoms. The van der Waals surface area contributed by atoms with Gasteiger partial charge in [0, 0.05) is 25.7 Å². The third-order valence-corrected chi connectivity index (χ3v) is 3.06. The molecular formula is C12H20N4O. The molecule has 0 unspecified atom stereocenters. The molecule has 1 fully saturated rings. The fourth-order valence-electron chi connectivity index (χ4n) is 1.97. The first-order valence-corrected chi connectivity index (χ1v) is 6.01. The van der Waals surface area contributed by atoms with Crippen LogP contribution in [-0.4, -0.2) is 40.8 Å². The van der Waals surface area contributed by atoms with Crippen molar-refractivity contribution in [1.82, 2.24) is 15.3 Å². The van der Waals surface area contributed by atoms with Gasteiger partial charge in [0.25, 0.3) is 0 Å². The van der Waals surface area contributed by atoms with Gasteiger partial charge in [0.15, 0.2) is 0 Å². The maximum Gasteiger partial charge on any atom is 0.147 e. The highest BCUT2D eigenvalue weighted by molar-refractivity contribution is 5.38. The monoisotopic (exact) mass is 236 g/mol. The molecule has 1 aliphatic heterocycles. The highest BCUT2D eigenvalue weighted by Crippen LogP contribution is 2.19. The molecule has 2 N–H and O–H groups in total. The molecule has 1 aromatic rings. The fourth-order valence-corrected chi connectivity index (χ4v) is 1.97. The van der Waals surface area contributed by atoms with Crippen molar-refractivity contribution in [3.8, 4) is 0 Å². The Kier molecular flexibility index (Phi) is 3.31. The summed E-state index contributed by atoms with van der Waals surface area (Å²) in [6.07, 6.45) is 3.40. The fraction of sp³-hybridized carbons (Fsp3) is 0.667. The number of rotatable bonds is 2. The number of aromatic nitrogens is 2. The molecule has 0 spiro atoms.